The summed E-state index contributed by atoms with van der Waals surface area (Å²) < 4.78 is 37.7. The van der Waals surface area contributed by atoms with Crippen molar-refractivity contribution in [3.05, 3.63) is 99.6 Å². The first-order valence-electron chi connectivity index (χ1n) is 10.0. The van der Waals surface area contributed by atoms with Crippen molar-refractivity contribution in [2.24, 2.45) is 5.10 Å². The molecular formula is C25H21IN2O4S. The molecule has 0 saturated carbocycles. The van der Waals surface area contributed by atoms with Crippen LogP contribution in [0.1, 0.15) is 11.1 Å². The van der Waals surface area contributed by atoms with Gasteiger partial charge in [0.15, 0.2) is 11.5 Å². The second kappa shape index (κ2) is 10.2. The molecule has 0 saturated heterocycles. The lowest BCUT2D eigenvalue weighted by Gasteiger charge is -2.11. The van der Waals surface area contributed by atoms with Gasteiger partial charge in [-0.2, -0.15) is 13.5 Å². The Hall–Kier alpha value is -3.11. The van der Waals surface area contributed by atoms with Crippen LogP contribution < -0.4 is 14.3 Å². The topological polar surface area (TPSA) is 77.0 Å². The van der Waals surface area contributed by atoms with E-state index in [1.807, 2.05) is 48.5 Å². The average molecular weight is 572 g/mol. The molecule has 168 valence electrons. The Kier molecular flexibility index (Phi) is 7.14. The first kappa shape index (κ1) is 23.1. The highest BCUT2D eigenvalue weighted by molar-refractivity contribution is 14.1. The maximum Gasteiger partial charge on any atom is 0.276 e. The molecule has 8 heteroatoms. The van der Waals surface area contributed by atoms with Crippen LogP contribution in [0.2, 0.25) is 0 Å². The largest absolute Gasteiger partial charge is 0.493 e. The summed E-state index contributed by atoms with van der Waals surface area (Å²) in [6.07, 6.45) is 1.42. The van der Waals surface area contributed by atoms with Crippen LogP contribution in [-0.4, -0.2) is 21.7 Å². The molecular weight excluding hydrogens is 551 g/mol. The number of nitrogens with zero attached hydrogens (tertiary/aromatic N) is 1. The highest BCUT2D eigenvalue weighted by atomic mass is 127. The van der Waals surface area contributed by atoms with Gasteiger partial charge < -0.3 is 9.47 Å². The van der Waals surface area contributed by atoms with Crippen molar-refractivity contribution in [1.82, 2.24) is 4.83 Å². The molecule has 0 fully saturated rings. The molecule has 0 spiro atoms. The second-order valence-electron chi connectivity index (χ2n) is 7.19. The Morgan fingerprint density at radius 1 is 0.909 bits per heavy atom. The number of hydrogen-bond acceptors (Lipinski definition) is 5. The monoisotopic (exact) mass is 572 g/mol. The van der Waals surface area contributed by atoms with E-state index in [4.69, 9.17) is 9.47 Å². The summed E-state index contributed by atoms with van der Waals surface area (Å²) in [6, 6.07) is 25.9. The van der Waals surface area contributed by atoms with E-state index < -0.39 is 10.0 Å². The number of nitrogens with one attached hydrogen (secondary N) is 1. The van der Waals surface area contributed by atoms with Crippen molar-refractivity contribution in [2.45, 2.75) is 11.5 Å². The number of methoxy groups -OCH3 is 1. The lowest BCUT2D eigenvalue weighted by atomic mass is 10.1. The molecule has 0 aliphatic rings. The van der Waals surface area contributed by atoms with Crippen molar-refractivity contribution < 1.29 is 17.9 Å². The van der Waals surface area contributed by atoms with Gasteiger partial charge in [0.2, 0.25) is 0 Å². The van der Waals surface area contributed by atoms with Crippen LogP contribution in [0.5, 0.6) is 11.5 Å². The van der Waals surface area contributed by atoms with Crippen molar-refractivity contribution in [3.8, 4) is 11.5 Å². The van der Waals surface area contributed by atoms with E-state index in [0.29, 0.717) is 23.7 Å². The quantitative estimate of drug-likeness (QED) is 0.176. The van der Waals surface area contributed by atoms with Crippen LogP contribution in [-0.2, 0) is 16.6 Å². The molecule has 0 atom stereocenters. The lowest BCUT2D eigenvalue weighted by molar-refractivity contribution is 0.284. The van der Waals surface area contributed by atoms with Gasteiger partial charge in [0, 0.05) is 3.57 Å². The van der Waals surface area contributed by atoms with E-state index in [1.165, 1.54) is 6.21 Å². The zero-order chi connectivity index (χ0) is 23.3. The average Bonchev–Trinajstić information content (AvgIpc) is 2.83. The number of benzene rings is 4. The van der Waals surface area contributed by atoms with Crippen molar-refractivity contribution in [2.75, 3.05) is 7.11 Å². The van der Waals surface area contributed by atoms with Crippen molar-refractivity contribution in [1.29, 1.82) is 0 Å². The molecule has 0 unspecified atom stereocenters. The van der Waals surface area contributed by atoms with Crippen LogP contribution in [0.3, 0.4) is 0 Å². The first-order chi connectivity index (χ1) is 15.9. The fourth-order valence-electron chi connectivity index (χ4n) is 3.18. The normalized spacial score (nSPS) is 11.6. The molecule has 4 aromatic carbocycles. The van der Waals surface area contributed by atoms with Gasteiger partial charge in [-0.25, -0.2) is 4.83 Å². The summed E-state index contributed by atoms with van der Waals surface area (Å²) in [5, 5.41) is 5.73. The SMILES string of the molecule is COc1cc(/C=N/NS(=O)(=O)c2ccc3ccccc3c2)ccc1OCc1ccc(I)cc1. The molecule has 0 heterocycles. The van der Waals surface area contributed by atoms with Crippen LogP contribution >= 0.6 is 22.6 Å². The Labute approximate surface area is 206 Å². The number of sulfonamides is 1. The number of hydrazone groups is 1. The highest BCUT2D eigenvalue weighted by Gasteiger charge is 2.13. The highest BCUT2D eigenvalue weighted by Crippen LogP contribution is 2.28. The van der Waals surface area contributed by atoms with E-state index >= 15 is 0 Å². The molecule has 0 bridgehead atoms. The summed E-state index contributed by atoms with van der Waals surface area (Å²) >= 11 is 2.26. The van der Waals surface area contributed by atoms with Gasteiger partial charge in [0.05, 0.1) is 18.2 Å². The summed E-state index contributed by atoms with van der Waals surface area (Å²) in [7, 11) is -2.24. The molecule has 33 heavy (non-hydrogen) atoms. The zero-order valence-electron chi connectivity index (χ0n) is 17.7. The summed E-state index contributed by atoms with van der Waals surface area (Å²) in [5.74, 6) is 1.12. The second-order valence-corrected chi connectivity index (χ2v) is 10.1. The standard InChI is InChI=1S/C25H21IN2O4S/c1-31-25-14-19(8-13-24(25)32-17-18-6-10-22(26)11-7-18)16-27-28-33(29,30)23-12-9-20-4-2-3-5-21(20)15-23/h2-16,28H,17H2,1H3/b27-16+. The summed E-state index contributed by atoms with van der Waals surface area (Å²) in [4.78, 5) is 2.41. The summed E-state index contributed by atoms with van der Waals surface area (Å²) in [6.45, 7) is 0.409. The minimum Gasteiger partial charge on any atom is -0.493 e. The van der Waals surface area contributed by atoms with E-state index in [0.717, 1.165) is 19.9 Å². The molecule has 6 nitrogen and oxygen atoms in total. The number of halogens is 1. The Morgan fingerprint density at radius 3 is 2.42 bits per heavy atom. The first-order valence-corrected chi connectivity index (χ1v) is 12.6. The predicted molar refractivity (Wildman–Crippen MR) is 138 cm³/mol. The van der Waals surface area contributed by atoms with Gasteiger partial charge in [-0.1, -0.05) is 42.5 Å². The van der Waals surface area contributed by atoms with Gasteiger partial charge in [-0.15, -0.1) is 0 Å². The molecule has 0 radical (unpaired) electrons. The van der Waals surface area contributed by atoms with Crippen LogP contribution in [0, 0.1) is 3.57 Å². The van der Waals surface area contributed by atoms with E-state index in [1.54, 1.807) is 43.5 Å². The lowest BCUT2D eigenvalue weighted by Crippen LogP contribution is -2.18. The van der Waals surface area contributed by atoms with Gasteiger partial charge >= 0.3 is 0 Å². The molecule has 0 aliphatic carbocycles. The smallest absolute Gasteiger partial charge is 0.276 e. The third kappa shape index (κ3) is 5.82. The molecule has 1 N–H and O–H groups in total. The minimum absolute atomic E-state index is 0.148. The maximum atomic E-state index is 12.6. The Bertz CT molecular complexity index is 1400. The van der Waals surface area contributed by atoms with Gasteiger partial charge in [0.25, 0.3) is 10.0 Å². The fraction of sp³-hybridized carbons (Fsp3) is 0.0800. The number of fused-ring (bicyclic) bond motifs is 1. The van der Waals surface area contributed by atoms with E-state index in [9.17, 15) is 8.42 Å². The van der Waals surface area contributed by atoms with Crippen molar-refractivity contribution in [3.63, 3.8) is 0 Å². The minimum atomic E-state index is -3.79. The molecule has 0 aromatic heterocycles. The van der Waals surface area contributed by atoms with Gasteiger partial charge in [-0.3, -0.25) is 0 Å². The summed E-state index contributed by atoms with van der Waals surface area (Å²) in [5.41, 5.74) is 1.71. The third-order valence-electron chi connectivity index (χ3n) is 4.91. The van der Waals surface area contributed by atoms with E-state index in [2.05, 4.69) is 32.5 Å². The van der Waals surface area contributed by atoms with Gasteiger partial charge in [0.1, 0.15) is 6.61 Å². The molecule has 4 aromatic rings. The Morgan fingerprint density at radius 2 is 1.67 bits per heavy atom. The van der Waals surface area contributed by atoms with Crippen LogP contribution in [0.25, 0.3) is 10.8 Å². The van der Waals surface area contributed by atoms with Crippen LogP contribution in [0.4, 0.5) is 0 Å². The predicted octanol–water partition coefficient (Wildman–Crippen LogP) is 5.34. The third-order valence-corrected chi connectivity index (χ3v) is 6.85. The van der Waals surface area contributed by atoms with E-state index in [-0.39, 0.29) is 4.90 Å². The number of ether oxygens (including phenoxy) is 2. The fourth-order valence-corrected chi connectivity index (χ4v) is 4.37. The Balaban J connectivity index is 1.44. The number of hydrogen-bond donors (Lipinski definition) is 1. The molecule has 0 amide bonds. The van der Waals surface area contributed by atoms with Crippen molar-refractivity contribution >= 4 is 49.6 Å². The molecule has 4 rings (SSSR count). The molecule has 0 aliphatic heterocycles. The zero-order valence-corrected chi connectivity index (χ0v) is 20.7. The number of rotatable bonds is 8. The van der Waals surface area contributed by atoms with Crippen LogP contribution in [0.15, 0.2) is 94.9 Å². The maximum absolute atomic E-state index is 12.6. The van der Waals surface area contributed by atoms with Gasteiger partial charge in [-0.05, 0) is 87.0 Å².